The number of amides is 1. The Morgan fingerprint density at radius 2 is 2.11 bits per heavy atom. The lowest BCUT2D eigenvalue weighted by atomic mass is 10.1. The van der Waals surface area contributed by atoms with E-state index in [4.69, 9.17) is 9.47 Å². The van der Waals surface area contributed by atoms with Crippen molar-refractivity contribution in [1.29, 1.82) is 0 Å². The fraction of sp³-hybridized carbons (Fsp3) is 0.500. The molecule has 0 spiro atoms. The summed E-state index contributed by atoms with van der Waals surface area (Å²) in [6, 6.07) is 5.37. The number of aromatic nitrogens is 1. The van der Waals surface area contributed by atoms with Gasteiger partial charge in [-0.15, -0.1) is 11.3 Å². The number of nitrogens with one attached hydrogen (secondary N) is 1. The number of ether oxygens (including phenoxy) is 2. The van der Waals surface area contributed by atoms with E-state index in [9.17, 15) is 4.79 Å². The lowest BCUT2D eigenvalue weighted by Crippen LogP contribution is -2.35. The molecule has 1 amide bonds. The molecule has 2 heterocycles. The van der Waals surface area contributed by atoms with E-state index in [-0.39, 0.29) is 12.0 Å². The van der Waals surface area contributed by atoms with Crippen molar-refractivity contribution in [3.63, 3.8) is 0 Å². The Morgan fingerprint density at radius 1 is 1.33 bits per heavy atom. The minimum atomic E-state index is -0.110. The average Bonchev–Trinajstić information content (AvgIpc) is 3.08. The third-order valence-electron chi connectivity index (χ3n) is 4.87. The SMILES string of the molecule is COc1cc(C(=O)NCCc2scnc2C)ccc1OC1CCN(C)CC1. The number of aryl methyl sites for hydroxylation is 1. The molecule has 0 unspecified atom stereocenters. The van der Waals surface area contributed by atoms with Gasteiger partial charge in [0, 0.05) is 36.5 Å². The van der Waals surface area contributed by atoms with Crippen molar-refractivity contribution in [3.8, 4) is 11.5 Å². The van der Waals surface area contributed by atoms with Crippen LogP contribution in [-0.4, -0.2) is 55.7 Å². The van der Waals surface area contributed by atoms with Crippen LogP contribution in [0.5, 0.6) is 11.5 Å². The van der Waals surface area contributed by atoms with Gasteiger partial charge >= 0.3 is 0 Å². The van der Waals surface area contributed by atoms with E-state index in [2.05, 4.69) is 22.2 Å². The van der Waals surface area contributed by atoms with Crippen molar-refractivity contribution < 1.29 is 14.3 Å². The normalized spacial score (nSPS) is 15.5. The van der Waals surface area contributed by atoms with Gasteiger partial charge in [-0.1, -0.05) is 0 Å². The molecule has 2 aromatic rings. The van der Waals surface area contributed by atoms with Crippen LogP contribution in [0.25, 0.3) is 0 Å². The Hall–Kier alpha value is -2.12. The number of likely N-dealkylation sites (tertiary alicyclic amines) is 1. The second-order valence-corrected chi connectivity index (χ2v) is 7.79. The number of rotatable bonds is 7. The third-order valence-corrected chi connectivity index (χ3v) is 5.86. The Morgan fingerprint density at radius 3 is 2.78 bits per heavy atom. The summed E-state index contributed by atoms with van der Waals surface area (Å²) < 4.78 is 11.6. The third kappa shape index (κ3) is 5.20. The highest BCUT2D eigenvalue weighted by Gasteiger charge is 2.20. The fourth-order valence-electron chi connectivity index (χ4n) is 3.15. The molecule has 0 radical (unpaired) electrons. The van der Waals surface area contributed by atoms with Crippen molar-refractivity contribution in [3.05, 3.63) is 39.8 Å². The van der Waals surface area contributed by atoms with E-state index < -0.39 is 0 Å². The molecule has 6 nitrogen and oxygen atoms in total. The van der Waals surface area contributed by atoms with Crippen LogP contribution in [0, 0.1) is 6.92 Å². The number of piperidine rings is 1. The number of hydrogen-bond donors (Lipinski definition) is 1. The summed E-state index contributed by atoms with van der Waals surface area (Å²) in [5.41, 5.74) is 3.44. The monoisotopic (exact) mass is 389 g/mol. The molecule has 1 aliphatic heterocycles. The molecular weight excluding hydrogens is 362 g/mol. The molecule has 1 fully saturated rings. The summed E-state index contributed by atoms with van der Waals surface area (Å²) in [6.07, 6.45) is 2.98. The molecule has 7 heteroatoms. The highest BCUT2D eigenvalue weighted by atomic mass is 32.1. The topological polar surface area (TPSA) is 63.7 Å². The van der Waals surface area contributed by atoms with E-state index in [1.807, 2.05) is 18.5 Å². The Kier molecular flexibility index (Phi) is 6.68. The van der Waals surface area contributed by atoms with Gasteiger partial charge in [0.15, 0.2) is 11.5 Å². The second kappa shape index (κ2) is 9.19. The number of nitrogens with zero attached hydrogens (tertiary/aromatic N) is 2. The van der Waals surface area contributed by atoms with Crippen LogP contribution in [0.4, 0.5) is 0 Å². The maximum atomic E-state index is 12.4. The molecular formula is C20H27N3O3S. The van der Waals surface area contributed by atoms with Crippen LogP contribution >= 0.6 is 11.3 Å². The molecule has 1 aromatic carbocycles. The summed E-state index contributed by atoms with van der Waals surface area (Å²) in [7, 11) is 3.73. The number of thiazole rings is 1. The fourth-order valence-corrected chi connectivity index (χ4v) is 3.93. The zero-order valence-electron chi connectivity index (χ0n) is 16.2. The van der Waals surface area contributed by atoms with Crippen molar-refractivity contribution >= 4 is 17.2 Å². The van der Waals surface area contributed by atoms with E-state index in [1.54, 1.807) is 30.6 Å². The molecule has 27 heavy (non-hydrogen) atoms. The number of carbonyl (C=O) groups excluding carboxylic acids is 1. The van der Waals surface area contributed by atoms with Gasteiger partial charge in [0.05, 0.1) is 18.3 Å². The molecule has 0 aliphatic carbocycles. The van der Waals surface area contributed by atoms with E-state index >= 15 is 0 Å². The van der Waals surface area contributed by atoms with Crippen LogP contribution in [0.3, 0.4) is 0 Å². The van der Waals surface area contributed by atoms with Crippen molar-refractivity contribution in [2.45, 2.75) is 32.3 Å². The minimum Gasteiger partial charge on any atom is -0.493 e. The quantitative estimate of drug-likeness (QED) is 0.789. The van der Waals surface area contributed by atoms with Gasteiger partial charge in [0.1, 0.15) is 6.10 Å². The van der Waals surface area contributed by atoms with E-state index in [0.29, 0.717) is 23.6 Å². The van der Waals surface area contributed by atoms with Gasteiger partial charge in [-0.25, -0.2) is 4.98 Å². The second-order valence-electron chi connectivity index (χ2n) is 6.85. The van der Waals surface area contributed by atoms with Gasteiger partial charge in [0.25, 0.3) is 5.91 Å². The molecule has 1 aromatic heterocycles. The van der Waals surface area contributed by atoms with Gasteiger partial charge in [0.2, 0.25) is 0 Å². The van der Waals surface area contributed by atoms with Crippen LogP contribution in [0.15, 0.2) is 23.7 Å². The van der Waals surface area contributed by atoms with Gasteiger partial charge < -0.3 is 19.7 Å². The summed E-state index contributed by atoms with van der Waals surface area (Å²) in [5.74, 6) is 1.19. The largest absolute Gasteiger partial charge is 0.493 e. The van der Waals surface area contributed by atoms with Crippen LogP contribution < -0.4 is 14.8 Å². The first-order valence-corrected chi connectivity index (χ1v) is 10.1. The predicted molar refractivity (Wildman–Crippen MR) is 107 cm³/mol. The molecule has 3 rings (SSSR count). The summed E-state index contributed by atoms with van der Waals surface area (Å²) in [6.45, 7) is 4.64. The lowest BCUT2D eigenvalue weighted by molar-refractivity contribution is 0.0953. The number of methoxy groups -OCH3 is 1. The highest BCUT2D eigenvalue weighted by molar-refractivity contribution is 7.09. The molecule has 1 aliphatic rings. The molecule has 146 valence electrons. The zero-order valence-corrected chi connectivity index (χ0v) is 17.0. The maximum absolute atomic E-state index is 12.4. The predicted octanol–water partition coefficient (Wildman–Crippen LogP) is 2.91. The molecule has 1 N–H and O–H groups in total. The average molecular weight is 390 g/mol. The maximum Gasteiger partial charge on any atom is 0.251 e. The summed E-state index contributed by atoms with van der Waals surface area (Å²) in [4.78, 5) is 20.2. The Labute approximate surface area is 164 Å². The summed E-state index contributed by atoms with van der Waals surface area (Å²) in [5, 5.41) is 2.96. The molecule has 0 bridgehead atoms. The number of carbonyl (C=O) groups is 1. The minimum absolute atomic E-state index is 0.110. The Bertz CT molecular complexity index is 770. The van der Waals surface area contributed by atoms with Gasteiger partial charge in [-0.3, -0.25) is 4.79 Å². The number of hydrogen-bond acceptors (Lipinski definition) is 6. The van der Waals surface area contributed by atoms with Crippen LogP contribution in [-0.2, 0) is 6.42 Å². The first-order chi connectivity index (χ1) is 13.1. The smallest absolute Gasteiger partial charge is 0.251 e. The van der Waals surface area contributed by atoms with Crippen molar-refractivity contribution in [2.24, 2.45) is 0 Å². The van der Waals surface area contributed by atoms with Gasteiger partial charge in [-0.05, 0) is 45.0 Å². The van der Waals surface area contributed by atoms with Crippen molar-refractivity contribution in [2.75, 3.05) is 33.8 Å². The van der Waals surface area contributed by atoms with Gasteiger partial charge in [-0.2, -0.15) is 0 Å². The number of benzene rings is 1. The highest BCUT2D eigenvalue weighted by Crippen LogP contribution is 2.30. The van der Waals surface area contributed by atoms with E-state index in [0.717, 1.165) is 38.0 Å². The molecule has 0 atom stereocenters. The van der Waals surface area contributed by atoms with E-state index in [1.165, 1.54) is 4.88 Å². The standard InChI is InChI=1S/C20H27N3O3S/c1-14-19(27-13-22-14)6-9-21-20(24)15-4-5-17(18(12-15)25-3)26-16-7-10-23(2)11-8-16/h4-5,12-13,16H,6-11H2,1-3H3,(H,21,24). The summed E-state index contributed by atoms with van der Waals surface area (Å²) >= 11 is 1.62. The Balaban J connectivity index is 1.57. The first kappa shape index (κ1) is 19.6. The first-order valence-electron chi connectivity index (χ1n) is 9.27. The zero-order chi connectivity index (χ0) is 19.2. The molecule has 1 saturated heterocycles. The molecule has 0 saturated carbocycles. The van der Waals surface area contributed by atoms with Crippen molar-refractivity contribution in [1.82, 2.24) is 15.2 Å². The van der Waals surface area contributed by atoms with Crippen LogP contribution in [0.1, 0.15) is 33.8 Å². The van der Waals surface area contributed by atoms with Crippen LogP contribution in [0.2, 0.25) is 0 Å². The lowest BCUT2D eigenvalue weighted by Gasteiger charge is -2.29.